The molecule has 2 rings (SSSR count). The second-order valence-corrected chi connectivity index (χ2v) is 3.98. The van der Waals surface area contributed by atoms with E-state index in [1.165, 1.54) is 7.11 Å². The molecule has 0 radical (unpaired) electrons. The average Bonchev–Trinajstić information content (AvgIpc) is 2.54. The number of ether oxygens (including phenoxy) is 1. The van der Waals surface area contributed by atoms with Crippen molar-refractivity contribution in [2.24, 2.45) is 14.1 Å². The molecule has 0 amide bonds. The molecule has 0 bridgehead atoms. The van der Waals surface area contributed by atoms with Gasteiger partial charge in [0.25, 0.3) is 0 Å². The molecule has 0 fully saturated rings. The third-order valence-electron chi connectivity index (χ3n) is 2.91. The lowest BCUT2D eigenvalue weighted by Crippen LogP contribution is -2.19. The number of benzene rings is 1. The van der Waals surface area contributed by atoms with Crippen LogP contribution in [0.4, 0.5) is 0 Å². The zero-order chi connectivity index (χ0) is 12.6. The lowest BCUT2D eigenvalue weighted by molar-refractivity contribution is -0.139. The third-order valence-corrected chi connectivity index (χ3v) is 2.91. The number of rotatable bonds is 2. The molecule has 0 atom stereocenters. The van der Waals surface area contributed by atoms with Crippen LogP contribution in [0, 0.1) is 0 Å². The Bertz CT molecular complexity index is 637. The van der Waals surface area contributed by atoms with Crippen LogP contribution in [-0.4, -0.2) is 22.2 Å². The number of fused-ring (bicyclic) bond motifs is 1. The van der Waals surface area contributed by atoms with Crippen molar-refractivity contribution >= 4 is 17.0 Å². The van der Waals surface area contributed by atoms with E-state index in [1.807, 2.05) is 18.2 Å². The van der Waals surface area contributed by atoms with Crippen LogP contribution in [0.1, 0.15) is 5.56 Å². The lowest BCUT2D eigenvalue weighted by Gasteiger charge is -2.01. The summed E-state index contributed by atoms with van der Waals surface area (Å²) in [6.45, 7) is 0. The second-order valence-electron chi connectivity index (χ2n) is 3.98. The highest BCUT2D eigenvalue weighted by molar-refractivity contribution is 5.79. The summed E-state index contributed by atoms with van der Waals surface area (Å²) in [4.78, 5) is 22.9. The molecule has 1 aromatic carbocycles. The largest absolute Gasteiger partial charge is 0.469 e. The molecular weight excluding hydrogens is 220 g/mol. The summed E-state index contributed by atoms with van der Waals surface area (Å²) in [5.74, 6) is -0.287. The highest BCUT2D eigenvalue weighted by Gasteiger charge is 2.09. The predicted molar refractivity (Wildman–Crippen MR) is 63.9 cm³/mol. The standard InChI is InChI=1S/C12H14N2O3/c1-13-9-5-4-8(7-11(15)17-3)6-10(9)14(2)12(13)16/h4-6H,7H2,1-3H3. The molecular formula is C12H14N2O3. The van der Waals surface area contributed by atoms with Gasteiger partial charge in [-0.1, -0.05) is 6.07 Å². The Morgan fingerprint density at radius 1 is 1.24 bits per heavy atom. The van der Waals surface area contributed by atoms with Crippen LogP contribution >= 0.6 is 0 Å². The Hall–Kier alpha value is -2.04. The van der Waals surface area contributed by atoms with E-state index in [2.05, 4.69) is 4.74 Å². The molecule has 5 heteroatoms. The molecule has 5 nitrogen and oxygen atoms in total. The van der Waals surface area contributed by atoms with Gasteiger partial charge in [0, 0.05) is 14.1 Å². The highest BCUT2D eigenvalue weighted by Crippen LogP contribution is 2.14. The maximum Gasteiger partial charge on any atom is 0.328 e. The molecule has 0 aliphatic rings. The molecule has 0 unspecified atom stereocenters. The minimum absolute atomic E-state index is 0.0739. The van der Waals surface area contributed by atoms with Crippen molar-refractivity contribution in [1.29, 1.82) is 0 Å². The first kappa shape index (κ1) is 11.4. The van der Waals surface area contributed by atoms with Crippen molar-refractivity contribution < 1.29 is 9.53 Å². The molecule has 0 saturated heterocycles. The fourth-order valence-corrected chi connectivity index (χ4v) is 1.90. The van der Waals surface area contributed by atoms with Gasteiger partial charge in [0.1, 0.15) is 0 Å². The zero-order valence-corrected chi connectivity index (χ0v) is 10.1. The molecule has 1 aromatic heterocycles. The quantitative estimate of drug-likeness (QED) is 0.715. The minimum atomic E-state index is -0.287. The van der Waals surface area contributed by atoms with E-state index < -0.39 is 0 Å². The van der Waals surface area contributed by atoms with Crippen LogP contribution in [0.25, 0.3) is 11.0 Å². The number of carbonyl (C=O) groups is 1. The number of methoxy groups -OCH3 is 1. The van der Waals surface area contributed by atoms with Crippen molar-refractivity contribution in [2.75, 3.05) is 7.11 Å². The number of nitrogens with zero attached hydrogens (tertiary/aromatic N) is 2. The van der Waals surface area contributed by atoms with Crippen LogP contribution in [-0.2, 0) is 30.0 Å². The summed E-state index contributed by atoms with van der Waals surface area (Å²) in [6, 6.07) is 5.52. The van der Waals surface area contributed by atoms with E-state index in [0.29, 0.717) is 0 Å². The van der Waals surface area contributed by atoms with E-state index in [4.69, 9.17) is 0 Å². The van der Waals surface area contributed by atoms with Crippen molar-refractivity contribution in [3.63, 3.8) is 0 Å². The van der Waals surface area contributed by atoms with Gasteiger partial charge in [0.2, 0.25) is 0 Å². The second kappa shape index (κ2) is 4.08. The van der Waals surface area contributed by atoms with Gasteiger partial charge < -0.3 is 4.74 Å². The summed E-state index contributed by atoms with van der Waals surface area (Å²) in [5, 5.41) is 0. The van der Waals surface area contributed by atoms with Gasteiger partial charge >= 0.3 is 11.7 Å². The SMILES string of the molecule is COC(=O)Cc1ccc2c(c1)n(C)c(=O)n2C. The van der Waals surface area contributed by atoms with E-state index in [1.54, 1.807) is 23.2 Å². The minimum Gasteiger partial charge on any atom is -0.469 e. The van der Waals surface area contributed by atoms with Crippen LogP contribution in [0.15, 0.2) is 23.0 Å². The molecule has 90 valence electrons. The van der Waals surface area contributed by atoms with E-state index in [-0.39, 0.29) is 18.1 Å². The highest BCUT2D eigenvalue weighted by atomic mass is 16.5. The normalized spacial score (nSPS) is 10.8. The van der Waals surface area contributed by atoms with Crippen LogP contribution in [0.3, 0.4) is 0 Å². The molecule has 0 aliphatic heterocycles. The summed E-state index contributed by atoms with van der Waals surface area (Å²) in [5.41, 5.74) is 2.44. The molecule has 0 N–H and O–H groups in total. The first-order chi connectivity index (χ1) is 8.04. The Labute approximate surface area is 98.2 Å². The average molecular weight is 234 g/mol. The number of hydrogen-bond acceptors (Lipinski definition) is 3. The first-order valence-corrected chi connectivity index (χ1v) is 5.25. The van der Waals surface area contributed by atoms with Crippen molar-refractivity contribution in [1.82, 2.24) is 9.13 Å². The van der Waals surface area contributed by atoms with Crippen LogP contribution in [0.5, 0.6) is 0 Å². The maximum absolute atomic E-state index is 11.7. The van der Waals surface area contributed by atoms with Gasteiger partial charge in [-0.2, -0.15) is 0 Å². The predicted octanol–water partition coefficient (Wildman–Crippen LogP) is 0.592. The van der Waals surface area contributed by atoms with E-state index in [9.17, 15) is 9.59 Å². The molecule has 17 heavy (non-hydrogen) atoms. The van der Waals surface area contributed by atoms with Gasteiger partial charge in [-0.25, -0.2) is 4.79 Å². The van der Waals surface area contributed by atoms with E-state index >= 15 is 0 Å². The van der Waals surface area contributed by atoms with Crippen molar-refractivity contribution in [3.8, 4) is 0 Å². The number of esters is 1. The van der Waals surface area contributed by atoms with Gasteiger partial charge in [-0.05, 0) is 17.7 Å². The monoisotopic (exact) mass is 234 g/mol. The van der Waals surface area contributed by atoms with Gasteiger partial charge in [-0.15, -0.1) is 0 Å². The smallest absolute Gasteiger partial charge is 0.328 e. The van der Waals surface area contributed by atoms with Gasteiger partial charge in [0.05, 0.1) is 24.6 Å². The number of aromatic nitrogens is 2. The Morgan fingerprint density at radius 3 is 2.53 bits per heavy atom. The fraction of sp³-hybridized carbons (Fsp3) is 0.333. The topological polar surface area (TPSA) is 53.2 Å². The van der Waals surface area contributed by atoms with E-state index in [0.717, 1.165) is 16.6 Å². The maximum atomic E-state index is 11.7. The summed E-state index contributed by atoms with van der Waals surface area (Å²) >= 11 is 0. The molecule has 1 heterocycles. The van der Waals surface area contributed by atoms with Crippen molar-refractivity contribution in [3.05, 3.63) is 34.2 Å². The summed E-state index contributed by atoms with van der Waals surface area (Å²) in [7, 11) is 4.80. The van der Waals surface area contributed by atoms with Crippen LogP contribution < -0.4 is 5.69 Å². The number of hydrogen-bond donors (Lipinski definition) is 0. The molecule has 0 saturated carbocycles. The summed E-state index contributed by atoms with van der Waals surface area (Å²) in [6.07, 6.45) is 0.218. The number of aryl methyl sites for hydroxylation is 2. The summed E-state index contributed by atoms with van der Waals surface area (Å²) < 4.78 is 7.76. The van der Waals surface area contributed by atoms with Crippen molar-refractivity contribution in [2.45, 2.75) is 6.42 Å². The van der Waals surface area contributed by atoms with Crippen LogP contribution in [0.2, 0.25) is 0 Å². The Morgan fingerprint density at radius 2 is 1.88 bits per heavy atom. The fourth-order valence-electron chi connectivity index (χ4n) is 1.90. The molecule has 0 aliphatic carbocycles. The Balaban J connectivity index is 2.54. The third kappa shape index (κ3) is 1.84. The zero-order valence-electron chi connectivity index (χ0n) is 10.1. The number of imidazole rings is 1. The first-order valence-electron chi connectivity index (χ1n) is 5.25. The Kier molecular flexibility index (Phi) is 2.75. The molecule has 0 spiro atoms. The van der Waals surface area contributed by atoms with Gasteiger partial charge in [0.15, 0.2) is 0 Å². The lowest BCUT2D eigenvalue weighted by atomic mass is 10.1. The number of carbonyl (C=O) groups excluding carboxylic acids is 1. The molecule has 2 aromatic rings. The van der Waals surface area contributed by atoms with Gasteiger partial charge in [-0.3, -0.25) is 13.9 Å².